The SMILES string of the molecule is O=CC(Cl)(Cl)C(Cl)Cl. The summed E-state index contributed by atoms with van der Waals surface area (Å²) in [4.78, 5) is 8.76. The second-order valence-electron chi connectivity index (χ2n) is 1.09. The molecule has 0 saturated carbocycles. The minimum Gasteiger partial charge on any atom is -0.300 e. The van der Waals surface area contributed by atoms with E-state index in [2.05, 4.69) is 0 Å². The molecular formula is C3H2Cl4O. The zero-order chi connectivity index (χ0) is 6.78. The second-order valence-corrected chi connectivity index (χ2v) is 3.63. The molecule has 0 amide bonds. The monoisotopic (exact) mass is 194 g/mol. The van der Waals surface area contributed by atoms with Gasteiger partial charge in [-0.15, -0.1) is 23.2 Å². The smallest absolute Gasteiger partial charge is 0.202 e. The Balaban J connectivity index is 3.90. The summed E-state index contributed by atoms with van der Waals surface area (Å²) < 4.78 is -1.66. The van der Waals surface area contributed by atoms with Crippen molar-refractivity contribution in [2.75, 3.05) is 0 Å². The molecule has 0 rings (SSSR count). The van der Waals surface area contributed by atoms with Crippen LogP contribution in [0.2, 0.25) is 0 Å². The van der Waals surface area contributed by atoms with Crippen LogP contribution in [0.4, 0.5) is 0 Å². The topological polar surface area (TPSA) is 17.1 Å². The fourth-order valence-corrected chi connectivity index (χ4v) is 0.154. The van der Waals surface area contributed by atoms with Gasteiger partial charge in [-0.2, -0.15) is 0 Å². The quantitative estimate of drug-likeness (QED) is 0.488. The molecule has 0 aromatic carbocycles. The molecule has 0 aliphatic rings. The first-order chi connectivity index (χ1) is 3.50. The molecule has 0 N–H and O–H groups in total. The maximum atomic E-state index is 9.84. The predicted octanol–water partition coefficient (Wildman–Crippen LogP) is 2.16. The Hall–Kier alpha value is 0.830. The Morgan fingerprint density at radius 3 is 1.75 bits per heavy atom. The van der Waals surface area contributed by atoms with Gasteiger partial charge in [0, 0.05) is 0 Å². The van der Waals surface area contributed by atoms with E-state index in [1.165, 1.54) is 0 Å². The molecule has 0 saturated heterocycles. The summed E-state index contributed by atoms with van der Waals surface area (Å²) in [7, 11) is 0. The van der Waals surface area contributed by atoms with Crippen molar-refractivity contribution < 1.29 is 4.79 Å². The molecular weight excluding hydrogens is 194 g/mol. The fourth-order valence-electron chi connectivity index (χ4n) is 0.0514. The highest BCUT2D eigenvalue weighted by Crippen LogP contribution is 2.29. The zero-order valence-electron chi connectivity index (χ0n) is 3.57. The summed E-state index contributed by atoms with van der Waals surface area (Å²) in [6.07, 6.45) is 0.279. The first-order valence-electron chi connectivity index (χ1n) is 1.63. The predicted molar refractivity (Wildman–Crippen MR) is 36.0 cm³/mol. The van der Waals surface area contributed by atoms with Crippen LogP contribution in [0.1, 0.15) is 0 Å². The van der Waals surface area contributed by atoms with Crippen molar-refractivity contribution >= 4 is 52.7 Å². The highest BCUT2D eigenvalue weighted by molar-refractivity contribution is 6.65. The minimum atomic E-state index is -1.66. The number of hydrogen-bond donors (Lipinski definition) is 0. The van der Waals surface area contributed by atoms with E-state index >= 15 is 0 Å². The standard InChI is InChI=1S/C3H2Cl4O/c4-2(5)3(6,7)1-8/h1-2H. The Bertz CT molecular complexity index is 89.3. The molecule has 5 heteroatoms. The third-order valence-electron chi connectivity index (χ3n) is 0.448. The summed E-state index contributed by atoms with van der Waals surface area (Å²) in [5.74, 6) is 0. The van der Waals surface area contributed by atoms with E-state index in [1.54, 1.807) is 0 Å². The Morgan fingerprint density at radius 2 is 1.75 bits per heavy atom. The van der Waals surface area contributed by atoms with E-state index < -0.39 is 9.17 Å². The van der Waals surface area contributed by atoms with Gasteiger partial charge in [0.05, 0.1) is 0 Å². The van der Waals surface area contributed by atoms with Gasteiger partial charge >= 0.3 is 0 Å². The molecule has 0 aromatic rings. The van der Waals surface area contributed by atoms with Crippen LogP contribution in [0.25, 0.3) is 0 Å². The van der Waals surface area contributed by atoms with Crippen molar-refractivity contribution in [2.45, 2.75) is 9.17 Å². The lowest BCUT2D eigenvalue weighted by Gasteiger charge is -2.10. The maximum absolute atomic E-state index is 9.84. The number of hydrogen-bond acceptors (Lipinski definition) is 1. The molecule has 0 radical (unpaired) electrons. The van der Waals surface area contributed by atoms with E-state index in [4.69, 9.17) is 46.4 Å². The van der Waals surface area contributed by atoms with Gasteiger partial charge in [-0.05, 0) is 0 Å². The molecule has 0 unspecified atom stereocenters. The maximum Gasteiger partial charge on any atom is 0.202 e. The molecule has 0 aromatic heterocycles. The largest absolute Gasteiger partial charge is 0.300 e. The van der Waals surface area contributed by atoms with Crippen molar-refractivity contribution in [1.82, 2.24) is 0 Å². The lowest BCUT2D eigenvalue weighted by Crippen LogP contribution is -2.22. The average Bonchev–Trinajstić information content (AvgIpc) is 1.67. The molecule has 0 spiro atoms. The van der Waals surface area contributed by atoms with Crippen LogP contribution in [0, 0.1) is 0 Å². The zero-order valence-corrected chi connectivity index (χ0v) is 6.60. The van der Waals surface area contributed by atoms with Crippen molar-refractivity contribution in [3.8, 4) is 0 Å². The summed E-state index contributed by atoms with van der Waals surface area (Å²) in [5, 5.41) is 0. The highest BCUT2D eigenvalue weighted by atomic mass is 35.5. The normalized spacial score (nSPS) is 12.1. The van der Waals surface area contributed by atoms with Crippen LogP contribution in [-0.2, 0) is 4.79 Å². The van der Waals surface area contributed by atoms with Crippen LogP contribution < -0.4 is 0 Å². The first kappa shape index (κ1) is 8.83. The van der Waals surface area contributed by atoms with Gasteiger partial charge in [0.15, 0.2) is 6.29 Å². The minimum absolute atomic E-state index is 0.279. The van der Waals surface area contributed by atoms with Crippen molar-refractivity contribution in [2.24, 2.45) is 0 Å². The van der Waals surface area contributed by atoms with E-state index in [0.717, 1.165) is 0 Å². The van der Waals surface area contributed by atoms with Crippen molar-refractivity contribution in [3.05, 3.63) is 0 Å². The van der Waals surface area contributed by atoms with Crippen LogP contribution in [-0.4, -0.2) is 15.5 Å². The molecule has 0 atom stereocenters. The van der Waals surface area contributed by atoms with Crippen molar-refractivity contribution in [1.29, 1.82) is 0 Å². The van der Waals surface area contributed by atoms with Gasteiger partial charge in [-0.25, -0.2) is 0 Å². The molecule has 0 heterocycles. The third-order valence-corrected chi connectivity index (χ3v) is 2.20. The average molecular weight is 196 g/mol. The van der Waals surface area contributed by atoms with Gasteiger partial charge in [0.25, 0.3) is 0 Å². The summed E-state index contributed by atoms with van der Waals surface area (Å²) >= 11 is 20.7. The highest BCUT2D eigenvalue weighted by Gasteiger charge is 2.31. The lowest BCUT2D eigenvalue weighted by atomic mass is 10.5. The van der Waals surface area contributed by atoms with E-state index in [-0.39, 0.29) is 6.29 Å². The Labute approximate surface area is 66.8 Å². The van der Waals surface area contributed by atoms with E-state index in [9.17, 15) is 4.79 Å². The number of alkyl halides is 4. The lowest BCUT2D eigenvalue weighted by molar-refractivity contribution is -0.108. The molecule has 0 aliphatic carbocycles. The molecule has 48 valence electrons. The number of carbonyl (C=O) groups excluding carboxylic acids is 1. The molecule has 0 fully saturated rings. The summed E-state index contributed by atoms with van der Waals surface area (Å²) in [6, 6.07) is 0. The van der Waals surface area contributed by atoms with Gasteiger partial charge in [0.2, 0.25) is 4.33 Å². The van der Waals surface area contributed by atoms with Crippen LogP contribution >= 0.6 is 46.4 Å². The Kier molecular flexibility index (Phi) is 3.44. The number of halogens is 4. The second kappa shape index (κ2) is 3.11. The molecule has 0 aliphatic heterocycles. The third kappa shape index (κ3) is 2.40. The van der Waals surface area contributed by atoms with Gasteiger partial charge in [-0.3, -0.25) is 4.79 Å². The number of carbonyl (C=O) groups is 1. The van der Waals surface area contributed by atoms with Crippen molar-refractivity contribution in [3.63, 3.8) is 0 Å². The number of rotatable bonds is 2. The number of aldehydes is 1. The Morgan fingerprint density at radius 1 is 1.38 bits per heavy atom. The molecule has 0 bridgehead atoms. The van der Waals surface area contributed by atoms with Crippen LogP contribution in [0.3, 0.4) is 0 Å². The van der Waals surface area contributed by atoms with E-state index in [0.29, 0.717) is 0 Å². The van der Waals surface area contributed by atoms with E-state index in [1.807, 2.05) is 0 Å². The molecule has 8 heavy (non-hydrogen) atoms. The van der Waals surface area contributed by atoms with Crippen LogP contribution in [0.15, 0.2) is 0 Å². The van der Waals surface area contributed by atoms with Crippen LogP contribution in [0.5, 0.6) is 0 Å². The first-order valence-corrected chi connectivity index (χ1v) is 3.26. The summed E-state index contributed by atoms with van der Waals surface area (Å²) in [5.41, 5.74) is 0. The molecule has 1 nitrogen and oxygen atoms in total. The fraction of sp³-hybridized carbons (Fsp3) is 0.667. The summed E-state index contributed by atoms with van der Waals surface area (Å²) in [6.45, 7) is 0. The van der Waals surface area contributed by atoms with Gasteiger partial charge in [0.1, 0.15) is 4.84 Å². The van der Waals surface area contributed by atoms with Gasteiger partial charge in [-0.1, -0.05) is 23.2 Å². The van der Waals surface area contributed by atoms with Gasteiger partial charge < -0.3 is 0 Å².